The fourth-order valence-corrected chi connectivity index (χ4v) is 1.90. The van der Waals surface area contributed by atoms with Crippen LogP contribution in [0.2, 0.25) is 0 Å². The molecule has 0 radical (unpaired) electrons. The van der Waals surface area contributed by atoms with Crippen molar-refractivity contribution >= 4 is 15.9 Å². The lowest BCUT2D eigenvalue weighted by atomic mass is 10.2. The van der Waals surface area contributed by atoms with E-state index in [1.165, 1.54) is 12.1 Å². The van der Waals surface area contributed by atoms with Crippen molar-refractivity contribution in [3.8, 4) is 5.75 Å². The maximum atomic E-state index is 12.8. The third-order valence-electron chi connectivity index (χ3n) is 2.30. The Morgan fingerprint density at radius 3 is 2.56 bits per heavy atom. The van der Waals surface area contributed by atoms with Crippen LogP contribution in [0.1, 0.15) is 5.56 Å². The van der Waals surface area contributed by atoms with Gasteiger partial charge in [-0.15, -0.1) is 0 Å². The van der Waals surface area contributed by atoms with E-state index in [0.717, 1.165) is 5.56 Å². The van der Waals surface area contributed by atoms with Gasteiger partial charge in [-0.1, -0.05) is 30.3 Å². The fourth-order valence-electron chi connectivity index (χ4n) is 1.43. The van der Waals surface area contributed by atoms with Crippen LogP contribution < -0.4 is 4.74 Å². The fraction of sp³-hybridized carbons (Fsp3) is 0.143. The molecule has 18 heavy (non-hydrogen) atoms. The van der Waals surface area contributed by atoms with Crippen LogP contribution in [-0.4, -0.2) is 6.79 Å². The number of benzene rings is 2. The Morgan fingerprint density at radius 1 is 1.06 bits per heavy atom. The Balaban J connectivity index is 1.79. The number of halogens is 2. The zero-order valence-corrected chi connectivity index (χ0v) is 11.2. The summed E-state index contributed by atoms with van der Waals surface area (Å²) in [6.45, 7) is 0.610. The highest BCUT2D eigenvalue weighted by atomic mass is 79.9. The van der Waals surface area contributed by atoms with Gasteiger partial charge in [-0.3, -0.25) is 0 Å². The molecular formula is C14H12BrFO2. The summed E-state index contributed by atoms with van der Waals surface area (Å²) >= 11 is 3.22. The highest BCUT2D eigenvalue weighted by molar-refractivity contribution is 9.10. The molecule has 0 aromatic heterocycles. The van der Waals surface area contributed by atoms with Gasteiger partial charge in [-0.05, 0) is 39.7 Å². The van der Waals surface area contributed by atoms with Crippen LogP contribution in [0.15, 0.2) is 53.0 Å². The van der Waals surface area contributed by atoms with Gasteiger partial charge in [0.15, 0.2) is 6.79 Å². The van der Waals surface area contributed by atoms with Crippen molar-refractivity contribution in [3.05, 3.63) is 64.4 Å². The molecule has 94 valence electrons. The third kappa shape index (κ3) is 3.82. The van der Waals surface area contributed by atoms with Crippen LogP contribution in [0.3, 0.4) is 0 Å². The molecule has 0 N–H and O–H groups in total. The van der Waals surface area contributed by atoms with Crippen molar-refractivity contribution in [2.45, 2.75) is 6.61 Å². The van der Waals surface area contributed by atoms with Crippen molar-refractivity contribution in [2.75, 3.05) is 6.79 Å². The van der Waals surface area contributed by atoms with E-state index < -0.39 is 0 Å². The number of ether oxygens (including phenoxy) is 2. The molecule has 0 saturated carbocycles. The summed E-state index contributed by atoms with van der Waals surface area (Å²) in [4.78, 5) is 0. The van der Waals surface area contributed by atoms with Crippen molar-refractivity contribution in [2.24, 2.45) is 0 Å². The third-order valence-corrected chi connectivity index (χ3v) is 2.92. The predicted molar refractivity (Wildman–Crippen MR) is 70.8 cm³/mol. The molecule has 0 amide bonds. The van der Waals surface area contributed by atoms with Crippen LogP contribution in [0.4, 0.5) is 4.39 Å². The monoisotopic (exact) mass is 310 g/mol. The minimum Gasteiger partial charge on any atom is -0.466 e. The lowest BCUT2D eigenvalue weighted by molar-refractivity contribution is 0.00459. The average Bonchev–Trinajstić information content (AvgIpc) is 2.38. The van der Waals surface area contributed by atoms with Crippen molar-refractivity contribution in [1.82, 2.24) is 0 Å². The van der Waals surface area contributed by atoms with Crippen LogP contribution in [-0.2, 0) is 11.3 Å². The van der Waals surface area contributed by atoms with Crippen molar-refractivity contribution < 1.29 is 13.9 Å². The second-order valence-corrected chi connectivity index (χ2v) is 4.53. The van der Waals surface area contributed by atoms with Crippen LogP contribution >= 0.6 is 15.9 Å². The molecule has 2 rings (SSSR count). The van der Waals surface area contributed by atoms with Crippen molar-refractivity contribution in [3.63, 3.8) is 0 Å². The molecule has 0 bridgehead atoms. The Hall–Kier alpha value is -1.39. The Kier molecular flexibility index (Phi) is 4.73. The van der Waals surface area contributed by atoms with Crippen molar-refractivity contribution in [1.29, 1.82) is 0 Å². The zero-order valence-electron chi connectivity index (χ0n) is 9.61. The summed E-state index contributed by atoms with van der Waals surface area (Å²) in [6.07, 6.45) is 0. The first-order valence-corrected chi connectivity index (χ1v) is 6.24. The van der Waals surface area contributed by atoms with E-state index in [-0.39, 0.29) is 12.6 Å². The quantitative estimate of drug-likeness (QED) is 0.610. The highest BCUT2D eigenvalue weighted by Crippen LogP contribution is 2.25. The molecule has 0 aliphatic carbocycles. The lowest BCUT2D eigenvalue weighted by Gasteiger charge is -2.08. The summed E-state index contributed by atoms with van der Waals surface area (Å²) in [7, 11) is 0. The Labute approximate surface area is 113 Å². The maximum Gasteiger partial charge on any atom is 0.189 e. The molecule has 4 heteroatoms. The minimum absolute atomic E-state index is 0.124. The molecule has 0 atom stereocenters. The van der Waals surface area contributed by atoms with Crippen LogP contribution in [0, 0.1) is 5.82 Å². The van der Waals surface area contributed by atoms with Gasteiger partial charge in [0.2, 0.25) is 0 Å². The van der Waals surface area contributed by atoms with E-state index in [9.17, 15) is 4.39 Å². The first-order chi connectivity index (χ1) is 8.75. The standard InChI is InChI=1S/C14H12BrFO2/c15-13-8-12(16)6-7-14(13)18-10-17-9-11-4-2-1-3-5-11/h1-8H,9-10H2. The average molecular weight is 311 g/mol. The Bertz CT molecular complexity index is 502. The second kappa shape index (κ2) is 6.52. The molecule has 0 aliphatic heterocycles. The smallest absolute Gasteiger partial charge is 0.189 e. The van der Waals surface area contributed by atoms with Gasteiger partial charge in [0.05, 0.1) is 11.1 Å². The van der Waals surface area contributed by atoms with Gasteiger partial charge in [0.25, 0.3) is 0 Å². The molecule has 0 fully saturated rings. The second-order valence-electron chi connectivity index (χ2n) is 3.67. The van der Waals surface area contributed by atoms with Gasteiger partial charge >= 0.3 is 0 Å². The van der Waals surface area contributed by atoms with Gasteiger partial charge in [0, 0.05) is 0 Å². The lowest BCUT2D eigenvalue weighted by Crippen LogP contribution is -2.03. The Morgan fingerprint density at radius 2 is 1.83 bits per heavy atom. The van der Waals surface area contributed by atoms with Gasteiger partial charge in [-0.2, -0.15) is 0 Å². The first kappa shape index (κ1) is 13.1. The number of hydrogen-bond donors (Lipinski definition) is 0. The van der Waals surface area contributed by atoms with Gasteiger partial charge < -0.3 is 9.47 Å². The minimum atomic E-state index is -0.306. The SMILES string of the molecule is Fc1ccc(OCOCc2ccccc2)c(Br)c1. The van der Waals surface area contributed by atoms with Gasteiger partial charge in [0.1, 0.15) is 11.6 Å². The molecule has 0 aliphatic rings. The molecule has 0 saturated heterocycles. The summed E-state index contributed by atoms with van der Waals surface area (Å²) in [6, 6.07) is 14.1. The summed E-state index contributed by atoms with van der Waals surface area (Å²) in [5, 5.41) is 0. The van der Waals surface area contributed by atoms with E-state index in [0.29, 0.717) is 16.8 Å². The largest absolute Gasteiger partial charge is 0.466 e. The van der Waals surface area contributed by atoms with E-state index >= 15 is 0 Å². The molecule has 2 aromatic carbocycles. The van der Waals surface area contributed by atoms with E-state index in [2.05, 4.69) is 15.9 Å². The normalized spacial score (nSPS) is 10.3. The summed E-state index contributed by atoms with van der Waals surface area (Å²) < 4.78 is 24.2. The summed E-state index contributed by atoms with van der Waals surface area (Å²) in [5.74, 6) is 0.254. The van der Waals surface area contributed by atoms with E-state index in [1.807, 2.05) is 30.3 Å². The number of rotatable bonds is 5. The summed E-state index contributed by atoms with van der Waals surface area (Å²) in [5.41, 5.74) is 1.08. The van der Waals surface area contributed by atoms with E-state index in [1.54, 1.807) is 6.07 Å². The highest BCUT2D eigenvalue weighted by Gasteiger charge is 2.02. The zero-order chi connectivity index (χ0) is 12.8. The first-order valence-electron chi connectivity index (χ1n) is 5.45. The molecule has 0 spiro atoms. The van der Waals surface area contributed by atoms with Crippen LogP contribution in [0.25, 0.3) is 0 Å². The molecule has 2 nitrogen and oxygen atoms in total. The van der Waals surface area contributed by atoms with Gasteiger partial charge in [-0.25, -0.2) is 4.39 Å². The predicted octanol–water partition coefficient (Wildman–Crippen LogP) is 4.14. The molecule has 0 heterocycles. The molecular weight excluding hydrogens is 299 g/mol. The number of hydrogen-bond acceptors (Lipinski definition) is 2. The topological polar surface area (TPSA) is 18.5 Å². The molecule has 2 aromatic rings. The maximum absolute atomic E-state index is 12.8. The van der Waals surface area contributed by atoms with Crippen LogP contribution in [0.5, 0.6) is 5.75 Å². The molecule has 0 unspecified atom stereocenters. The van der Waals surface area contributed by atoms with E-state index in [4.69, 9.17) is 9.47 Å².